The lowest BCUT2D eigenvalue weighted by molar-refractivity contribution is 0.306. The summed E-state index contributed by atoms with van der Waals surface area (Å²) in [4.78, 5) is 4.22. The van der Waals surface area contributed by atoms with Gasteiger partial charge in [-0.3, -0.25) is 4.98 Å². The van der Waals surface area contributed by atoms with E-state index in [0.717, 1.165) is 21.3 Å². The summed E-state index contributed by atoms with van der Waals surface area (Å²) in [6.07, 6.45) is 1.69. The van der Waals surface area contributed by atoms with Gasteiger partial charge in [-0.05, 0) is 48.0 Å². The Balaban J connectivity index is 1.52. The number of halogens is 1. The maximum atomic E-state index is 5.83. The van der Waals surface area contributed by atoms with Crippen LogP contribution in [0.15, 0.2) is 81.8 Å². The molecule has 0 fully saturated rings. The van der Waals surface area contributed by atoms with E-state index in [4.69, 9.17) is 9.15 Å². The molecule has 26 heavy (non-hydrogen) atoms. The summed E-state index contributed by atoms with van der Waals surface area (Å²) in [6.45, 7) is 0.450. The van der Waals surface area contributed by atoms with Crippen molar-refractivity contribution in [1.82, 2.24) is 15.2 Å². The summed E-state index contributed by atoms with van der Waals surface area (Å²) in [5, 5.41) is 8.21. The molecule has 2 aromatic carbocycles. The second-order valence-corrected chi connectivity index (χ2v) is 6.49. The lowest BCUT2D eigenvalue weighted by Crippen LogP contribution is -1.95. The Morgan fingerprint density at radius 1 is 0.885 bits per heavy atom. The van der Waals surface area contributed by atoms with Crippen LogP contribution in [0.25, 0.3) is 23.0 Å². The van der Waals surface area contributed by atoms with Gasteiger partial charge in [0, 0.05) is 16.2 Å². The maximum absolute atomic E-state index is 5.83. The Kier molecular flexibility index (Phi) is 4.75. The Morgan fingerprint density at radius 3 is 2.62 bits per heavy atom. The molecule has 6 heteroatoms. The van der Waals surface area contributed by atoms with Gasteiger partial charge in [-0.25, -0.2) is 0 Å². The van der Waals surface area contributed by atoms with E-state index in [0.29, 0.717) is 24.1 Å². The van der Waals surface area contributed by atoms with Crippen molar-refractivity contribution in [2.24, 2.45) is 0 Å². The predicted molar refractivity (Wildman–Crippen MR) is 101 cm³/mol. The number of rotatable bonds is 5. The van der Waals surface area contributed by atoms with Gasteiger partial charge in [0.25, 0.3) is 5.89 Å². The van der Waals surface area contributed by atoms with Crippen LogP contribution < -0.4 is 4.74 Å². The number of pyridine rings is 1. The van der Waals surface area contributed by atoms with Crippen LogP contribution >= 0.6 is 15.9 Å². The molecule has 4 aromatic rings. The van der Waals surface area contributed by atoms with Gasteiger partial charge >= 0.3 is 0 Å². The van der Waals surface area contributed by atoms with Crippen molar-refractivity contribution >= 4 is 15.9 Å². The van der Waals surface area contributed by atoms with E-state index in [9.17, 15) is 0 Å². The smallest absolute Gasteiger partial charge is 0.266 e. The third-order valence-corrected chi connectivity index (χ3v) is 4.18. The Bertz CT molecular complexity index is 1020. The highest BCUT2D eigenvalue weighted by Gasteiger charge is 2.11. The van der Waals surface area contributed by atoms with Crippen LogP contribution in [0.3, 0.4) is 0 Å². The van der Waals surface area contributed by atoms with Crippen LogP contribution in [0.4, 0.5) is 0 Å². The number of hydrogen-bond donors (Lipinski definition) is 0. The molecular weight excluding hydrogens is 394 g/mol. The average molecular weight is 408 g/mol. The molecule has 0 aliphatic rings. The average Bonchev–Trinajstić information content (AvgIpc) is 3.18. The van der Waals surface area contributed by atoms with Crippen LogP contribution in [0.5, 0.6) is 5.75 Å². The molecule has 0 unspecified atom stereocenters. The Hall–Kier alpha value is -2.99. The molecule has 0 amide bonds. The summed E-state index contributed by atoms with van der Waals surface area (Å²) < 4.78 is 12.6. The van der Waals surface area contributed by atoms with Crippen LogP contribution in [-0.2, 0) is 6.61 Å². The van der Waals surface area contributed by atoms with Crippen molar-refractivity contribution < 1.29 is 9.15 Å². The summed E-state index contributed by atoms with van der Waals surface area (Å²) in [5.74, 6) is 1.66. The zero-order valence-corrected chi connectivity index (χ0v) is 15.3. The number of nitrogens with zero attached hydrogens (tertiary/aromatic N) is 3. The summed E-state index contributed by atoms with van der Waals surface area (Å²) in [5.41, 5.74) is 2.51. The molecule has 0 bridgehead atoms. The van der Waals surface area contributed by atoms with Gasteiger partial charge in [0.15, 0.2) is 0 Å². The van der Waals surface area contributed by atoms with Crippen molar-refractivity contribution in [2.45, 2.75) is 6.61 Å². The first-order chi connectivity index (χ1) is 12.8. The van der Waals surface area contributed by atoms with Gasteiger partial charge in [-0.2, -0.15) is 0 Å². The molecule has 0 aliphatic carbocycles. The Morgan fingerprint density at radius 2 is 1.77 bits per heavy atom. The summed E-state index contributed by atoms with van der Waals surface area (Å²) in [7, 11) is 0. The molecule has 5 nitrogen and oxygen atoms in total. The predicted octanol–water partition coefficient (Wildman–Crippen LogP) is 5.14. The second kappa shape index (κ2) is 7.49. The van der Waals surface area contributed by atoms with Crippen molar-refractivity contribution in [3.8, 4) is 28.8 Å². The normalized spacial score (nSPS) is 10.7. The van der Waals surface area contributed by atoms with E-state index in [1.807, 2.05) is 66.7 Å². The molecule has 0 N–H and O–H groups in total. The van der Waals surface area contributed by atoms with E-state index in [1.165, 1.54) is 0 Å². The van der Waals surface area contributed by atoms with Gasteiger partial charge in [-0.1, -0.05) is 40.2 Å². The lowest BCUT2D eigenvalue weighted by atomic mass is 10.1. The van der Waals surface area contributed by atoms with Crippen LogP contribution in [0, 0.1) is 0 Å². The first-order valence-electron chi connectivity index (χ1n) is 8.00. The highest BCUT2D eigenvalue weighted by molar-refractivity contribution is 9.10. The molecular formula is C20H14BrN3O2. The van der Waals surface area contributed by atoms with E-state index < -0.39 is 0 Å². The summed E-state index contributed by atoms with van der Waals surface area (Å²) >= 11 is 3.44. The van der Waals surface area contributed by atoms with Crippen molar-refractivity contribution in [1.29, 1.82) is 0 Å². The SMILES string of the molecule is Brc1cccc(OCc2cccc(-c3nnc(-c4ccccn4)o3)c2)c1. The standard InChI is InChI=1S/C20H14BrN3O2/c21-16-7-4-8-17(12-16)25-13-14-5-3-6-15(11-14)19-23-24-20(26-19)18-9-1-2-10-22-18/h1-12H,13H2. The molecule has 128 valence electrons. The molecule has 2 aromatic heterocycles. The topological polar surface area (TPSA) is 61.0 Å². The zero-order chi connectivity index (χ0) is 17.8. The van der Waals surface area contributed by atoms with E-state index in [2.05, 4.69) is 31.1 Å². The number of ether oxygens (including phenoxy) is 1. The molecule has 0 spiro atoms. The monoisotopic (exact) mass is 407 g/mol. The molecule has 0 saturated carbocycles. The molecule has 0 saturated heterocycles. The van der Waals surface area contributed by atoms with Crippen LogP contribution in [0.2, 0.25) is 0 Å². The minimum absolute atomic E-state index is 0.399. The van der Waals surface area contributed by atoms with E-state index >= 15 is 0 Å². The van der Waals surface area contributed by atoms with Crippen LogP contribution in [-0.4, -0.2) is 15.2 Å². The fourth-order valence-electron chi connectivity index (χ4n) is 2.45. The number of aromatic nitrogens is 3. The molecule has 0 radical (unpaired) electrons. The quantitative estimate of drug-likeness (QED) is 0.458. The van der Waals surface area contributed by atoms with Gasteiger partial charge in [0.2, 0.25) is 5.89 Å². The van der Waals surface area contributed by atoms with E-state index in [-0.39, 0.29) is 0 Å². The molecule has 4 rings (SSSR count). The maximum Gasteiger partial charge on any atom is 0.266 e. The van der Waals surface area contributed by atoms with E-state index in [1.54, 1.807) is 6.20 Å². The van der Waals surface area contributed by atoms with Gasteiger partial charge < -0.3 is 9.15 Å². The highest BCUT2D eigenvalue weighted by Crippen LogP contribution is 2.24. The summed E-state index contributed by atoms with van der Waals surface area (Å²) in [6, 6.07) is 21.2. The van der Waals surface area contributed by atoms with Crippen molar-refractivity contribution in [3.05, 3.63) is 83.0 Å². The van der Waals surface area contributed by atoms with Crippen LogP contribution in [0.1, 0.15) is 5.56 Å². The van der Waals surface area contributed by atoms with Crippen molar-refractivity contribution in [2.75, 3.05) is 0 Å². The van der Waals surface area contributed by atoms with Gasteiger partial charge in [0.1, 0.15) is 18.1 Å². The first kappa shape index (κ1) is 16.5. The van der Waals surface area contributed by atoms with Crippen molar-refractivity contribution in [3.63, 3.8) is 0 Å². The minimum atomic E-state index is 0.399. The van der Waals surface area contributed by atoms with Gasteiger partial charge in [0.05, 0.1) is 0 Å². The minimum Gasteiger partial charge on any atom is -0.489 e. The fourth-order valence-corrected chi connectivity index (χ4v) is 2.83. The number of hydrogen-bond acceptors (Lipinski definition) is 5. The third-order valence-electron chi connectivity index (χ3n) is 3.68. The largest absolute Gasteiger partial charge is 0.489 e. The first-order valence-corrected chi connectivity index (χ1v) is 8.80. The third kappa shape index (κ3) is 3.81. The molecule has 0 atom stereocenters. The molecule has 2 heterocycles. The molecule has 0 aliphatic heterocycles. The fraction of sp³-hybridized carbons (Fsp3) is 0.0500. The second-order valence-electron chi connectivity index (χ2n) is 5.57. The lowest BCUT2D eigenvalue weighted by Gasteiger charge is -2.07. The zero-order valence-electron chi connectivity index (χ0n) is 13.7. The highest BCUT2D eigenvalue weighted by atomic mass is 79.9. The number of benzene rings is 2. The Labute approximate surface area is 158 Å². The van der Waals surface area contributed by atoms with Gasteiger partial charge in [-0.15, -0.1) is 10.2 Å².